The zero-order valence-electron chi connectivity index (χ0n) is 19.2. The summed E-state index contributed by atoms with van der Waals surface area (Å²) in [5.74, 6) is 0.0553. The molecule has 0 atom stereocenters. The summed E-state index contributed by atoms with van der Waals surface area (Å²) in [7, 11) is 0. The van der Waals surface area contributed by atoms with Gasteiger partial charge in [0, 0.05) is 0 Å². The zero-order chi connectivity index (χ0) is 23.2. The van der Waals surface area contributed by atoms with Crippen molar-refractivity contribution in [2.24, 2.45) is 11.8 Å². The van der Waals surface area contributed by atoms with E-state index >= 15 is 0 Å². The molecule has 9 heteroatoms. The second kappa shape index (κ2) is 23.2. The fraction of sp³-hybridized carbons (Fsp3) is 0.800. The number of carbonyl (C=O) groups is 4. The second-order valence-corrected chi connectivity index (χ2v) is 8.02. The standard InChI is InChI=1S/2C6H10O3.2C4H9O.Ti/c2*1-3-9-6(8)4-5(2)7;2*1-4(2)3-5;/h2*3-4H2,1-2H3;2*4H,3H2,1-2H3;/q;;2*-1;+2. The second-order valence-electron chi connectivity index (χ2n) is 6.86. The van der Waals surface area contributed by atoms with E-state index in [4.69, 9.17) is 6.64 Å². The fourth-order valence-electron chi connectivity index (χ4n) is 1.27. The van der Waals surface area contributed by atoms with E-state index in [0.717, 1.165) is 13.2 Å². The predicted molar refractivity (Wildman–Crippen MR) is 105 cm³/mol. The maximum atomic E-state index is 10.4. The molecule has 0 unspecified atom stereocenters. The van der Waals surface area contributed by atoms with Gasteiger partial charge in [0.05, 0.1) is 13.2 Å². The number of carbonyl (C=O) groups excluding carboxylic acids is 4. The molecule has 0 heterocycles. The van der Waals surface area contributed by atoms with E-state index in [2.05, 4.69) is 37.2 Å². The van der Waals surface area contributed by atoms with Gasteiger partial charge in [-0.05, 0) is 27.7 Å². The van der Waals surface area contributed by atoms with Crippen molar-refractivity contribution in [1.82, 2.24) is 0 Å². The zero-order valence-corrected chi connectivity index (χ0v) is 20.7. The molecule has 29 heavy (non-hydrogen) atoms. The molecule has 0 aliphatic carbocycles. The Balaban J connectivity index is -0.000000352. The van der Waals surface area contributed by atoms with Crippen LogP contribution in [0.2, 0.25) is 0 Å². The van der Waals surface area contributed by atoms with Gasteiger partial charge in [0.1, 0.15) is 24.4 Å². The summed E-state index contributed by atoms with van der Waals surface area (Å²) in [6.07, 6.45) is -0.207. The minimum Gasteiger partial charge on any atom is -0.466 e. The van der Waals surface area contributed by atoms with Crippen LogP contribution >= 0.6 is 0 Å². The van der Waals surface area contributed by atoms with Crippen molar-refractivity contribution in [3.05, 3.63) is 0 Å². The Bertz CT molecular complexity index is 410. The third kappa shape index (κ3) is 38.2. The molecule has 0 spiro atoms. The van der Waals surface area contributed by atoms with Crippen LogP contribution in [0.3, 0.4) is 0 Å². The van der Waals surface area contributed by atoms with Gasteiger partial charge < -0.3 is 9.47 Å². The third-order valence-corrected chi connectivity index (χ3v) is 3.24. The Morgan fingerprint density at radius 3 is 1.21 bits per heavy atom. The molecule has 0 saturated heterocycles. The van der Waals surface area contributed by atoms with Gasteiger partial charge in [-0.25, -0.2) is 0 Å². The summed E-state index contributed by atoms with van der Waals surface area (Å²) >= 11 is -0.563. The van der Waals surface area contributed by atoms with Crippen molar-refractivity contribution in [3.63, 3.8) is 0 Å². The van der Waals surface area contributed by atoms with Crippen molar-refractivity contribution in [2.45, 2.75) is 68.2 Å². The van der Waals surface area contributed by atoms with E-state index in [1.54, 1.807) is 13.8 Å². The van der Waals surface area contributed by atoms with Gasteiger partial charge in [-0.15, -0.1) is 0 Å². The molecule has 0 fully saturated rings. The normalized spacial score (nSPS) is 9.59. The van der Waals surface area contributed by atoms with Crippen molar-refractivity contribution < 1.29 is 55.2 Å². The SMILES string of the molecule is CC(C)C[O][Ti][O]CC(C)C.CCOC(=O)CC(C)=O.CCOC(=O)CC(C)=O. The molecule has 0 aromatic rings. The Morgan fingerprint density at radius 2 is 1.00 bits per heavy atom. The molecule has 0 radical (unpaired) electrons. The summed E-state index contributed by atoms with van der Waals surface area (Å²) in [4.78, 5) is 41.3. The minimum absolute atomic E-state index is 0.103. The summed E-state index contributed by atoms with van der Waals surface area (Å²) < 4.78 is 19.7. The van der Waals surface area contributed by atoms with E-state index in [9.17, 15) is 19.2 Å². The third-order valence-electron chi connectivity index (χ3n) is 2.35. The first-order chi connectivity index (χ1) is 13.5. The molecule has 0 amide bonds. The molecule has 0 aliphatic heterocycles. The minimum atomic E-state index is -0.563. The molecule has 0 aromatic heterocycles. The fourth-order valence-corrected chi connectivity index (χ4v) is 2.66. The summed E-state index contributed by atoms with van der Waals surface area (Å²) in [5.41, 5.74) is 0. The first kappa shape index (κ1) is 32.6. The molecular weight excluding hydrogens is 416 g/mol. The number of rotatable bonds is 12. The molecule has 0 bridgehead atoms. The van der Waals surface area contributed by atoms with Crippen LogP contribution in [0, 0.1) is 11.8 Å². The van der Waals surface area contributed by atoms with E-state index in [-0.39, 0.29) is 24.4 Å². The van der Waals surface area contributed by atoms with Gasteiger partial charge in [-0.3, -0.25) is 19.2 Å². The monoisotopic (exact) mass is 454 g/mol. The summed E-state index contributed by atoms with van der Waals surface area (Å²) in [6, 6.07) is 0. The number of hydrogen-bond donors (Lipinski definition) is 0. The van der Waals surface area contributed by atoms with Crippen LogP contribution < -0.4 is 0 Å². The molecule has 8 nitrogen and oxygen atoms in total. The van der Waals surface area contributed by atoms with Crippen LogP contribution in [0.25, 0.3) is 0 Å². The van der Waals surface area contributed by atoms with Crippen molar-refractivity contribution in [3.8, 4) is 0 Å². The Labute approximate surface area is 185 Å². The molecule has 0 rings (SSSR count). The van der Waals surface area contributed by atoms with Gasteiger partial charge >= 0.3 is 91.2 Å². The topological polar surface area (TPSA) is 105 Å². The molecule has 0 aromatic carbocycles. The Kier molecular flexibility index (Phi) is 26.1. The Morgan fingerprint density at radius 1 is 0.690 bits per heavy atom. The predicted octanol–water partition coefficient (Wildman–Crippen LogP) is 3.30. The number of ketones is 2. The number of Topliss-reactive ketones (excluding diaryl/α,β-unsaturated/α-hetero) is 2. The molecule has 170 valence electrons. The average molecular weight is 454 g/mol. The van der Waals surface area contributed by atoms with Crippen LogP contribution in [0.5, 0.6) is 0 Å². The van der Waals surface area contributed by atoms with Crippen molar-refractivity contribution in [1.29, 1.82) is 0 Å². The van der Waals surface area contributed by atoms with Crippen LogP contribution in [0.1, 0.15) is 68.2 Å². The molecule has 0 saturated carbocycles. The summed E-state index contributed by atoms with van der Waals surface area (Å²) in [5, 5.41) is 0. The quantitative estimate of drug-likeness (QED) is 0.191. The van der Waals surface area contributed by atoms with E-state index < -0.39 is 31.9 Å². The largest absolute Gasteiger partial charge is 0.466 e. The first-order valence-corrected chi connectivity index (χ1v) is 11.0. The maximum Gasteiger partial charge on any atom is 0.313 e. The van der Waals surface area contributed by atoms with Crippen molar-refractivity contribution in [2.75, 3.05) is 26.4 Å². The number of esters is 2. The van der Waals surface area contributed by atoms with Gasteiger partial charge in [-0.1, -0.05) is 0 Å². The van der Waals surface area contributed by atoms with E-state index in [1.807, 2.05) is 0 Å². The molecule has 0 N–H and O–H groups in total. The smallest absolute Gasteiger partial charge is 0.313 e. The summed E-state index contributed by atoms with van der Waals surface area (Å²) in [6.45, 7) is 17.1. The Hall–Kier alpha value is -1.09. The van der Waals surface area contributed by atoms with E-state index in [1.165, 1.54) is 13.8 Å². The van der Waals surface area contributed by atoms with Crippen molar-refractivity contribution >= 4 is 23.5 Å². The van der Waals surface area contributed by atoms with Crippen LogP contribution in [-0.4, -0.2) is 49.9 Å². The number of ether oxygens (including phenoxy) is 2. The average Bonchev–Trinajstić information content (AvgIpc) is 2.54. The molecule has 0 aliphatic rings. The first-order valence-electron chi connectivity index (χ1n) is 9.74. The van der Waals surface area contributed by atoms with Gasteiger partial charge in [0.25, 0.3) is 0 Å². The van der Waals surface area contributed by atoms with Gasteiger partial charge in [-0.2, -0.15) is 0 Å². The van der Waals surface area contributed by atoms with Gasteiger partial charge in [0.2, 0.25) is 0 Å². The van der Waals surface area contributed by atoms with Crippen LogP contribution in [0.4, 0.5) is 0 Å². The maximum absolute atomic E-state index is 10.4. The van der Waals surface area contributed by atoms with Crippen LogP contribution in [-0.2, 0) is 55.2 Å². The van der Waals surface area contributed by atoms with Gasteiger partial charge in [0.15, 0.2) is 0 Å². The van der Waals surface area contributed by atoms with E-state index in [0.29, 0.717) is 25.0 Å². The number of hydrogen-bond acceptors (Lipinski definition) is 8. The molecular formula is C20H38O8Ti. The van der Waals surface area contributed by atoms with Crippen LogP contribution in [0.15, 0.2) is 0 Å².